The third-order valence-electron chi connectivity index (χ3n) is 6.13. The summed E-state index contributed by atoms with van der Waals surface area (Å²) in [6.45, 7) is 8.05. The van der Waals surface area contributed by atoms with Gasteiger partial charge >= 0.3 is 13.3 Å². The lowest BCUT2D eigenvalue weighted by atomic mass is 10.1. The maximum absolute atomic E-state index is 14.3. The van der Waals surface area contributed by atoms with E-state index in [0.29, 0.717) is 15.9 Å². The lowest BCUT2D eigenvalue weighted by Crippen LogP contribution is -2.19. The topological polar surface area (TPSA) is 91.9 Å². The van der Waals surface area contributed by atoms with Gasteiger partial charge in [0.2, 0.25) is 0 Å². The quantitative estimate of drug-likeness (QED) is 0.194. The molecule has 278 valence electrons. The Morgan fingerprint density at radius 1 is 0.882 bits per heavy atom. The maximum atomic E-state index is 14.3. The number of carbonyl (C=O) groups excluding carboxylic acids is 1. The fourth-order valence-electron chi connectivity index (χ4n) is 3.77. The van der Waals surface area contributed by atoms with Crippen molar-refractivity contribution in [1.29, 1.82) is 0 Å². The molecule has 6 nitrogen and oxygen atoms in total. The highest BCUT2D eigenvalue weighted by molar-refractivity contribution is 9.10. The van der Waals surface area contributed by atoms with Crippen LogP contribution >= 0.6 is 34.9 Å². The molecule has 2 N–H and O–H groups in total. The zero-order chi connectivity index (χ0) is 38.0. The van der Waals surface area contributed by atoms with Crippen molar-refractivity contribution >= 4 is 152 Å². The van der Waals surface area contributed by atoms with Crippen LogP contribution in [0.25, 0.3) is 11.3 Å². The van der Waals surface area contributed by atoms with Crippen molar-refractivity contribution in [2.24, 2.45) is 4.99 Å². The first-order valence-corrected chi connectivity index (χ1v) is 31.8. The third kappa shape index (κ3) is 15.2. The van der Waals surface area contributed by atoms with Crippen molar-refractivity contribution in [3.05, 3.63) is 109 Å². The number of amides is 1. The van der Waals surface area contributed by atoms with E-state index in [0.717, 1.165) is 28.5 Å². The number of hydrogen-bond donors (Lipinski definition) is 2. The van der Waals surface area contributed by atoms with Crippen LogP contribution in [0.5, 0.6) is 0 Å². The van der Waals surface area contributed by atoms with Crippen LogP contribution < -0.4 is 4.80 Å². The lowest BCUT2D eigenvalue weighted by Gasteiger charge is -2.20. The average Bonchev–Trinajstić information content (AvgIpc) is 3.49. The Balaban J connectivity index is 0.000000548. The molecule has 0 radical (unpaired) electrons. The number of halogens is 3. The van der Waals surface area contributed by atoms with Crippen LogP contribution in [-0.4, -0.2) is 20.3 Å². The number of carbonyl (C=O) groups is 1. The highest BCUT2D eigenvalue weighted by atomic mass is 79.9. The Morgan fingerprint density at radius 3 is 1.96 bits per heavy atom. The Kier molecular flexibility index (Phi) is 22.5. The minimum atomic E-state index is -5.72. The van der Waals surface area contributed by atoms with Crippen LogP contribution in [0.1, 0.15) is 46.5 Å². The summed E-state index contributed by atoms with van der Waals surface area (Å²) < 4.78 is 41.6. The fourth-order valence-corrected chi connectivity index (χ4v) is 28.0. The normalized spacial score (nSPS) is 11.0. The second-order valence-corrected chi connectivity index (χ2v) is 30.2. The number of thiazole rings is 1. The number of benzene rings is 3. The van der Waals surface area contributed by atoms with Gasteiger partial charge in [-0.1, -0.05) is 78.3 Å². The number of rotatable bonds is 6. The van der Waals surface area contributed by atoms with Gasteiger partial charge in [-0.2, -0.15) is 13.8 Å². The number of alkyl halides is 2. The van der Waals surface area contributed by atoms with Crippen molar-refractivity contribution in [3.8, 4) is 11.3 Å². The maximum Gasteiger partial charge on any atom is 0.399 e. The summed E-state index contributed by atoms with van der Waals surface area (Å²) in [5.41, 5.74) is -0.439. The number of hydrogen-bond acceptors (Lipinski definition) is 5. The largest absolute Gasteiger partial charge is 0.399 e. The van der Waals surface area contributed by atoms with Crippen molar-refractivity contribution in [2.45, 2.75) is 39.9 Å². The van der Waals surface area contributed by atoms with Gasteiger partial charge in [0.15, 0.2) is 4.80 Å². The van der Waals surface area contributed by atoms with E-state index in [1.54, 1.807) is 83.2 Å². The molecule has 0 bridgehead atoms. The van der Waals surface area contributed by atoms with Crippen molar-refractivity contribution in [2.75, 3.05) is 0 Å². The smallest absolute Gasteiger partial charge is 0.320 e. The molecule has 4 aromatic rings. The zero-order valence-corrected chi connectivity index (χ0v) is 39.7. The standard InChI is InChI=1S/C26H22BrF2N2O4PS.C2H6.S12/c1-16-8-10-20(12-17(16)2)24(32)30-25-31(23(15-37-25)19-6-4-3-5-7-19)14-18-9-11-21(22(27)13-18)26(28,29)36(33,34)35;1-2;1-3-5-7-9-11-12-10-8-6-4-2/h3-13,15H,14H2,1-2H3,(H2,33,34,35);1-2H3;. The molecule has 0 aliphatic heterocycles. The average molecular weight is 1020 g/mol. The van der Waals surface area contributed by atoms with E-state index in [1.807, 2.05) is 74.0 Å². The molecular formula is C28H28BrF2N2O4PS13. The van der Waals surface area contributed by atoms with E-state index < -0.39 is 24.7 Å². The van der Waals surface area contributed by atoms with Crippen LogP contribution in [0.4, 0.5) is 8.78 Å². The number of nitrogens with zero attached hydrogens (tertiary/aromatic N) is 2. The predicted octanol–water partition coefficient (Wildman–Crippen LogP) is 7.61. The molecule has 1 aromatic heterocycles. The molecule has 1 amide bonds. The van der Waals surface area contributed by atoms with E-state index >= 15 is 0 Å². The van der Waals surface area contributed by atoms with Crippen molar-refractivity contribution in [1.82, 2.24) is 4.57 Å². The summed E-state index contributed by atoms with van der Waals surface area (Å²) in [6.07, 6.45) is 0. The molecule has 51 heavy (non-hydrogen) atoms. The summed E-state index contributed by atoms with van der Waals surface area (Å²) in [5.74, 6) is -0.406. The minimum Gasteiger partial charge on any atom is -0.320 e. The Hall–Kier alpha value is -0.110. The Bertz CT molecular complexity index is 2380. The van der Waals surface area contributed by atoms with Gasteiger partial charge < -0.3 is 14.4 Å². The molecule has 0 fully saturated rings. The second-order valence-electron chi connectivity index (χ2n) is 9.15. The van der Waals surface area contributed by atoms with E-state index in [2.05, 4.69) is 43.3 Å². The SMILES string of the molecule is CC.Cc1ccc(C(=O)N=c2scc(-c3ccccc3)n2Cc2ccc(C(F)(F)P(=O)(O)O)c(Br)c2)cc1C.S=S=S=S=S=S=S=S=S=S=S=S. The lowest BCUT2D eigenvalue weighted by molar-refractivity contribution is 0.0557. The monoisotopic (exact) mass is 1020 g/mol. The van der Waals surface area contributed by atoms with Gasteiger partial charge in [0.05, 0.1) is 12.2 Å². The van der Waals surface area contributed by atoms with Gasteiger partial charge in [-0.3, -0.25) is 9.36 Å². The number of aryl methyl sites for hydroxylation is 2. The van der Waals surface area contributed by atoms with Gasteiger partial charge in [0, 0.05) is 132 Å². The molecule has 0 unspecified atom stereocenters. The van der Waals surface area contributed by atoms with Gasteiger partial charge in [-0.05, 0) is 54.3 Å². The molecule has 3 aromatic carbocycles. The highest BCUT2D eigenvalue weighted by Crippen LogP contribution is 2.60. The Morgan fingerprint density at radius 2 is 1.45 bits per heavy atom. The van der Waals surface area contributed by atoms with Gasteiger partial charge in [0.25, 0.3) is 5.91 Å². The van der Waals surface area contributed by atoms with Crippen LogP contribution in [0.3, 0.4) is 0 Å². The molecule has 4 rings (SSSR count). The van der Waals surface area contributed by atoms with Gasteiger partial charge in [-0.25, -0.2) is 0 Å². The highest BCUT2D eigenvalue weighted by Gasteiger charge is 2.51. The van der Waals surface area contributed by atoms with Gasteiger partial charge in [0.1, 0.15) is 0 Å². The summed E-state index contributed by atoms with van der Waals surface area (Å²) in [7, 11) is 10.6. The van der Waals surface area contributed by atoms with Crippen LogP contribution in [0.2, 0.25) is 0 Å². The van der Waals surface area contributed by atoms with Gasteiger partial charge in [-0.15, -0.1) is 11.3 Å². The molecule has 0 atom stereocenters. The fraction of sp³-hybridized carbons (Fsp3) is 0.214. The van der Waals surface area contributed by atoms with Crippen molar-refractivity contribution < 1.29 is 27.9 Å². The Labute approximate surface area is 345 Å². The molecule has 0 saturated carbocycles. The molecule has 0 spiro atoms. The zero-order valence-electron chi connectivity index (χ0n) is 26.6. The first kappa shape index (κ1) is 47.0. The predicted molar refractivity (Wildman–Crippen MR) is 242 cm³/mol. The molecular weight excluding hydrogens is 994 g/mol. The molecule has 0 saturated heterocycles. The molecule has 23 heteroatoms. The third-order valence-corrected chi connectivity index (χ3v) is 28.6. The summed E-state index contributed by atoms with van der Waals surface area (Å²) >= 11 is 13.7. The first-order chi connectivity index (χ1) is 24.3. The first-order valence-electron chi connectivity index (χ1n) is 13.8. The van der Waals surface area contributed by atoms with E-state index in [-0.39, 0.29) is 11.0 Å². The molecule has 0 aliphatic carbocycles. The number of aromatic nitrogens is 1. The summed E-state index contributed by atoms with van der Waals surface area (Å²) in [4.78, 5) is 36.0. The van der Waals surface area contributed by atoms with E-state index in [1.165, 1.54) is 41.2 Å². The summed E-state index contributed by atoms with van der Waals surface area (Å²) in [6, 6.07) is 18.6. The van der Waals surface area contributed by atoms with Crippen LogP contribution in [-0.2, 0) is 128 Å². The van der Waals surface area contributed by atoms with Crippen LogP contribution in [0, 0.1) is 13.8 Å². The van der Waals surface area contributed by atoms with E-state index in [4.69, 9.17) is 9.79 Å². The molecule has 0 aliphatic rings. The molecule has 1 heterocycles. The van der Waals surface area contributed by atoms with Crippen molar-refractivity contribution in [3.63, 3.8) is 0 Å². The van der Waals surface area contributed by atoms with E-state index in [9.17, 15) is 18.1 Å². The minimum absolute atomic E-state index is 0.139. The van der Waals surface area contributed by atoms with Crippen LogP contribution in [0.15, 0.2) is 81.6 Å². The summed E-state index contributed by atoms with van der Waals surface area (Å²) in [5, 5.41) is 1.87. The second kappa shape index (κ2) is 24.4.